The summed E-state index contributed by atoms with van der Waals surface area (Å²) < 4.78 is 10.9. The zero-order valence-electron chi connectivity index (χ0n) is 14.6. The fourth-order valence-corrected chi connectivity index (χ4v) is 2.99. The van der Waals surface area contributed by atoms with Gasteiger partial charge in [0.05, 0.1) is 30.4 Å². The first-order valence-electron chi connectivity index (χ1n) is 8.27. The van der Waals surface area contributed by atoms with E-state index < -0.39 is 0 Å². The van der Waals surface area contributed by atoms with Crippen molar-refractivity contribution in [1.29, 1.82) is 5.26 Å². The second kappa shape index (κ2) is 7.95. The lowest BCUT2D eigenvalue weighted by atomic mass is 10.00. The van der Waals surface area contributed by atoms with E-state index in [1.54, 1.807) is 25.3 Å². The quantitative estimate of drug-likeness (QED) is 0.414. The third-order valence-corrected chi connectivity index (χ3v) is 4.39. The maximum Gasteiger partial charge on any atom is 0.162 e. The summed E-state index contributed by atoms with van der Waals surface area (Å²) in [5, 5.41) is 12.4. The highest BCUT2D eigenvalue weighted by molar-refractivity contribution is 6.32. The number of hydrogen-bond acceptors (Lipinski definition) is 3. The van der Waals surface area contributed by atoms with Gasteiger partial charge in [-0.25, -0.2) is 0 Å². The highest BCUT2D eigenvalue weighted by Crippen LogP contribution is 2.35. The zero-order chi connectivity index (χ0) is 18.5. The average Bonchev–Trinajstić information content (AvgIpc) is 2.67. The van der Waals surface area contributed by atoms with Crippen LogP contribution in [0.1, 0.15) is 18.1 Å². The third-order valence-electron chi connectivity index (χ3n) is 4.06. The standard InChI is InChI=1S/C22H18ClNO2/c1-3-26-22-13-20(23)18(12-21(22)25-2)11-19(14-24)17-9-8-15-6-4-5-7-16(15)10-17/h4-13H,3H2,1-2H3/b19-11-. The van der Waals surface area contributed by atoms with Crippen LogP contribution >= 0.6 is 11.6 Å². The van der Waals surface area contributed by atoms with Crippen molar-refractivity contribution in [3.63, 3.8) is 0 Å². The Morgan fingerprint density at radius 2 is 1.85 bits per heavy atom. The molecule has 3 aromatic rings. The molecular weight excluding hydrogens is 346 g/mol. The monoisotopic (exact) mass is 363 g/mol. The average molecular weight is 364 g/mol. The topological polar surface area (TPSA) is 42.2 Å². The van der Waals surface area contributed by atoms with Crippen LogP contribution < -0.4 is 9.47 Å². The molecule has 4 heteroatoms. The van der Waals surface area contributed by atoms with Gasteiger partial charge in [0.1, 0.15) is 0 Å². The van der Waals surface area contributed by atoms with Crippen LogP contribution in [0.25, 0.3) is 22.4 Å². The molecule has 0 unspecified atom stereocenters. The maximum atomic E-state index is 9.65. The van der Waals surface area contributed by atoms with E-state index >= 15 is 0 Å². The van der Waals surface area contributed by atoms with Crippen molar-refractivity contribution in [2.75, 3.05) is 13.7 Å². The number of benzene rings is 3. The van der Waals surface area contributed by atoms with Crippen LogP contribution in [-0.4, -0.2) is 13.7 Å². The molecule has 0 atom stereocenters. The minimum atomic E-state index is 0.503. The molecule has 3 nitrogen and oxygen atoms in total. The normalized spacial score (nSPS) is 11.2. The van der Waals surface area contributed by atoms with Gasteiger partial charge in [-0.3, -0.25) is 0 Å². The predicted octanol–water partition coefficient (Wildman–Crippen LogP) is 5.96. The number of fused-ring (bicyclic) bond motifs is 1. The molecule has 0 aliphatic rings. The van der Waals surface area contributed by atoms with Crippen molar-refractivity contribution in [2.24, 2.45) is 0 Å². The second-order valence-electron chi connectivity index (χ2n) is 5.69. The van der Waals surface area contributed by atoms with Crippen LogP contribution in [0.4, 0.5) is 0 Å². The summed E-state index contributed by atoms with van der Waals surface area (Å²) in [6.07, 6.45) is 1.77. The molecule has 26 heavy (non-hydrogen) atoms. The van der Waals surface area contributed by atoms with Crippen molar-refractivity contribution in [1.82, 2.24) is 0 Å². The fourth-order valence-electron chi connectivity index (χ4n) is 2.78. The molecule has 0 saturated carbocycles. The first-order chi connectivity index (χ1) is 12.7. The Morgan fingerprint density at radius 1 is 1.08 bits per heavy atom. The van der Waals surface area contributed by atoms with Crippen molar-refractivity contribution in [3.8, 4) is 17.6 Å². The Bertz CT molecular complexity index is 1020. The Morgan fingerprint density at radius 3 is 2.54 bits per heavy atom. The number of ether oxygens (including phenoxy) is 2. The minimum Gasteiger partial charge on any atom is -0.493 e. The number of allylic oxidation sites excluding steroid dienone is 1. The van der Waals surface area contributed by atoms with E-state index in [0.29, 0.717) is 34.3 Å². The van der Waals surface area contributed by atoms with Gasteiger partial charge in [0, 0.05) is 6.07 Å². The molecule has 0 bridgehead atoms. The SMILES string of the molecule is CCOc1cc(Cl)c(/C=C(/C#N)c2ccc3ccccc3c2)cc1OC. The summed E-state index contributed by atoms with van der Waals surface area (Å²) in [4.78, 5) is 0. The molecule has 0 N–H and O–H groups in total. The van der Waals surface area contributed by atoms with E-state index in [1.165, 1.54) is 0 Å². The predicted molar refractivity (Wildman–Crippen MR) is 107 cm³/mol. The summed E-state index contributed by atoms with van der Waals surface area (Å²) in [6.45, 7) is 2.41. The molecule has 3 rings (SSSR count). The van der Waals surface area contributed by atoms with E-state index in [-0.39, 0.29) is 0 Å². The second-order valence-corrected chi connectivity index (χ2v) is 6.10. The van der Waals surface area contributed by atoms with Crippen LogP contribution in [0.5, 0.6) is 11.5 Å². The van der Waals surface area contributed by atoms with E-state index in [1.807, 2.05) is 49.4 Å². The molecule has 0 radical (unpaired) electrons. The molecule has 0 amide bonds. The molecule has 0 heterocycles. The molecule has 0 aliphatic carbocycles. The molecule has 0 fully saturated rings. The van der Waals surface area contributed by atoms with E-state index in [0.717, 1.165) is 16.3 Å². The third kappa shape index (κ3) is 3.66. The van der Waals surface area contributed by atoms with Crippen LogP contribution in [-0.2, 0) is 0 Å². The lowest BCUT2D eigenvalue weighted by molar-refractivity contribution is 0.311. The minimum absolute atomic E-state index is 0.503. The Hall–Kier alpha value is -2.96. The van der Waals surface area contributed by atoms with E-state index in [2.05, 4.69) is 6.07 Å². The molecular formula is C22H18ClNO2. The van der Waals surface area contributed by atoms with Gasteiger partial charge in [0.2, 0.25) is 0 Å². The zero-order valence-corrected chi connectivity index (χ0v) is 15.4. The lowest BCUT2D eigenvalue weighted by Crippen LogP contribution is -1.96. The van der Waals surface area contributed by atoms with Crippen LogP contribution in [0.2, 0.25) is 5.02 Å². The van der Waals surface area contributed by atoms with Gasteiger partial charge in [0.25, 0.3) is 0 Å². The lowest BCUT2D eigenvalue weighted by Gasteiger charge is -2.11. The van der Waals surface area contributed by atoms with Gasteiger partial charge in [-0.15, -0.1) is 0 Å². The molecule has 0 aliphatic heterocycles. The van der Waals surface area contributed by atoms with Crippen molar-refractivity contribution in [2.45, 2.75) is 6.92 Å². The summed E-state index contributed by atoms with van der Waals surface area (Å²) in [5.74, 6) is 1.17. The first-order valence-corrected chi connectivity index (χ1v) is 8.65. The molecule has 0 aromatic heterocycles. The van der Waals surface area contributed by atoms with Gasteiger partial charge in [-0.1, -0.05) is 48.0 Å². The van der Waals surface area contributed by atoms with Crippen LogP contribution in [0, 0.1) is 11.3 Å². The van der Waals surface area contributed by atoms with Crippen molar-refractivity contribution >= 4 is 34.0 Å². The van der Waals surface area contributed by atoms with Crippen molar-refractivity contribution < 1.29 is 9.47 Å². The Kier molecular flexibility index (Phi) is 5.46. The molecule has 0 spiro atoms. The summed E-state index contributed by atoms with van der Waals surface area (Å²) in [7, 11) is 1.58. The number of nitriles is 1. The van der Waals surface area contributed by atoms with Gasteiger partial charge in [-0.05, 0) is 47.0 Å². The molecule has 130 valence electrons. The number of methoxy groups -OCH3 is 1. The summed E-state index contributed by atoms with van der Waals surface area (Å²) >= 11 is 6.39. The molecule has 0 saturated heterocycles. The number of rotatable bonds is 5. The number of hydrogen-bond donors (Lipinski definition) is 0. The smallest absolute Gasteiger partial charge is 0.162 e. The fraction of sp³-hybridized carbons (Fsp3) is 0.136. The van der Waals surface area contributed by atoms with Crippen LogP contribution in [0.3, 0.4) is 0 Å². The van der Waals surface area contributed by atoms with Crippen LogP contribution in [0.15, 0.2) is 54.6 Å². The number of nitrogens with zero attached hydrogens (tertiary/aromatic N) is 1. The Balaban J connectivity index is 2.07. The highest BCUT2D eigenvalue weighted by Gasteiger charge is 2.11. The van der Waals surface area contributed by atoms with Gasteiger partial charge < -0.3 is 9.47 Å². The maximum absolute atomic E-state index is 9.65. The highest BCUT2D eigenvalue weighted by atomic mass is 35.5. The Labute approximate surface area is 158 Å². The van der Waals surface area contributed by atoms with E-state index in [9.17, 15) is 5.26 Å². The van der Waals surface area contributed by atoms with Gasteiger partial charge in [-0.2, -0.15) is 5.26 Å². The number of halogens is 1. The van der Waals surface area contributed by atoms with Gasteiger partial charge in [0.15, 0.2) is 11.5 Å². The largest absolute Gasteiger partial charge is 0.493 e. The van der Waals surface area contributed by atoms with E-state index in [4.69, 9.17) is 21.1 Å². The summed E-state index contributed by atoms with van der Waals surface area (Å²) in [5.41, 5.74) is 2.08. The first kappa shape index (κ1) is 17.8. The van der Waals surface area contributed by atoms with Gasteiger partial charge >= 0.3 is 0 Å². The molecule has 3 aromatic carbocycles. The van der Waals surface area contributed by atoms with Crippen molar-refractivity contribution in [3.05, 3.63) is 70.7 Å². The summed E-state index contributed by atoms with van der Waals surface area (Å²) in [6, 6.07) is 19.8.